The molecule has 1 amide bonds. The number of nitrogens with one attached hydrogen (secondary N) is 1. The zero-order valence-corrected chi connectivity index (χ0v) is 17.4. The minimum atomic E-state index is -0.143. The Morgan fingerprint density at radius 2 is 2.03 bits per heavy atom. The predicted molar refractivity (Wildman–Crippen MR) is 118 cm³/mol. The van der Waals surface area contributed by atoms with Crippen molar-refractivity contribution >= 4 is 23.4 Å². The molecule has 1 saturated heterocycles. The number of pyridine rings is 1. The fraction of sp³-hybridized carbons (Fsp3) is 0.318. The molecular formula is C22H25N5OS. The van der Waals surface area contributed by atoms with Crippen LogP contribution in [0.15, 0.2) is 54.9 Å². The topological polar surface area (TPSA) is 63.1 Å². The van der Waals surface area contributed by atoms with Crippen LogP contribution in [-0.2, 0) is 13.0 Å². The molecule has 2 aromatic heterocycles. The summed E-state index contributed by atoms with van der Waals surface area (Å²) in [6.07, 6.45) is 4.03. The number of carbonyl (C=O) groups excluding carboxylic acids is 1. The summed E-state index contributed by atoms with van der Waals surface area (Å²) in [7, 11) is 0. The van der Waals surface area contributed by atoms with Gasteiger partial charge < -0.3 is 5.32 Å². The summed E-state index contributed by atoms with van der Waals surface area (Å²) in [6, 6.07) is 13.8. The Balaban J connectivity index is 1.50. The van der Waals surface area contributed by atoms with Gasteiger partial charge in [-0.15, -0.1) is 0 Å². The molecule has 0 radical (unpaired) electrons. The molecule has 0 spiro atoms. The lowest BCUT2D eigenvalue weighted by Crippen LogP contribution is -2.31. The summed E-state index contributed by atoms with van der Waals surface area (Å²) >= 11 is 2.01. The number of thioether (sulfide) groups is 1. The van der Waals surface area contributed by atoms with E-state index < -0.39 is 0 Å². The largest absolute Gasteiger partial charge is 0.322 e. The van der Waals surface area contributed by atoms with Gasteiger partial charge in [0.15, 0.2) is 5.82 Å². The molecule has 1 aromatic carbocycles. The second-order valence-corrected chi connectivity index (χ2v) is 8.23. The SMILES string of the molecule is CCc1c(C(=O)Nc2cccc(CN3CCSCC3)c2)cnn1-c1ccccn1. The number of carbonyl (C=O) groups is 1. The van der Waals surface area contributed by atoms with E-state index in [1.54, 1.807) is 17.1 Å². The molecular weight excluding hydrogens is 382 g/mol. The maximum Gasteiger partial charge on any atom is 0.259 e. The Hall–Kier alpha value is -2.64. The Morgan fingerprint density at radius 1 is 1.17 bits per heavy atom. The van der Waals surface area contributed by atoms with Gasteiger partial charge in [0.1, 0.15) is 0 Å². The third kappa shape index (κ3) is 4.68. The van der Waals surface area contributed by atoms with Gasteiger partial charge in [0.2, 0.25) is 0 Å². The van der Waals surface area contributed by atoms with Crippen molar-refractivity contribution in [3.63, 3.8) is 0 Å². The summed E-state index contributed by atoms with van der Waals surface area (Å²) in [5.41, 5.74) is 3.46. The molecule has 6 nitrogen and oxygen atoms in total. The van der Waals surface area contributed by atoms with Crippen molar-refractivity contribution in [3.05, 3.63) is 71.7 Å². The highest BCUT2D eigenvalue weighted by Gasteiger charge is 2.18. The van der Waals surface area contributed by atoms with E-state index in [1.165, 1.54) is 17.1 Å². The second kappa shape index (κ2) is 9.24. The lowest BCUT2D eigenvalue weighted by molar-refractivity contribution is 0.102. The molecule has 3 aromatic rings. The van der Waals surface area contributed by atoms with E-state index in [4.69, 9.17) is 0 Å². The Kier molecular flexibility index (Phi) is 6.27. The standard InChI is InChI=1S/C22H25N5OS/c1-2-20-19(15-24-27(20)21-8-3-4-9-23-21)22(28)25-18-7-5-6-17(14-18)16-26-10-12-29-13-11-26/h3-9,14-15H,2,10-13,16H2,1H3,(H,25,28). The van der Waals surface area contributed by atoms with E-state index in [0.717, 1.165) is 31.0 Å². The number of amides is 1. The number of anilines is 1. The molecule has 3 heterocycles. The summed E-state index contributed by atoms with van der Waals surface area (Å²) in [6.45, 7) is 5.18. The monoisotopic (exact) mass is 407 g/mol. The van der Waals surface area contributed by atoms with Gasteiger partial charge in [-0.1, -0.05) is 25.1 Å². The van der Waals surface area contributed by atoms with Crippen LogP contribution in [0.4, 0.5) is 5.69 Å². The first-order chi connectivity index (χ1) is 14.2. The number of nitrogens with zero attached hydrogens (tertiary/aromatic N) is 4. The molecule has 0 unspecified atom stereocenters. The van der Waals surface area contributed by atoms with Crippen LogP contribution in [-0.4, -0.2) is 50.2 Å². The molecule has 29 heavy (non-hydrogen) atoms. The fourth-order valence-electron chi connectivity index (χ4n) is 3.54. The van der Waals surface area contributed by atoms with Crippen LogP contribution < -0.4 is 5.32 Å². The fourth-order valence-corrected chi connectivity index (χ4v) is 4.52. The van der Waals surface area contributed by atoms with E-state index >= 15 is 0 Å². The number of benzene rings is 1. The van der Waals surface area contributed by atoms with Crippen molar-refractivity contribution < 1.29 is 4.79 Å². The van der Waals surface area contributed by atoms with Crippen LogP contribution in [0.5, 0.6) is 0 Å². The molecule has 0 atom stereocenters. The average molecular weight is 408 g/mol. The number of hydrogen-bond acceptors (Lipinski definition) is 5. The van der Waals surface area contributed by atoms with Gasteiger partial charge in [-0.3, -0.25) is 9.69 Å². The maximum absolute atomic E-state index is 12.9. The normalized spacial score (nSPS) is 14.7. The summed E-state index contributed by atoms with van der Waals surface area (Å²) in [4.78, 5) is 19.7. The van der Waals surface area contributed by atoms with Crippen molar-refractivity contribution in [2.24, 2.45) is 0 Å². The molecule has 0 aliphatic carbocycles. The minimum absolute atomic E-state index is 0.143. The maximum atomic E-state index is 12.9. The van der Waals surface area contributed by atoms with Crippen molar-refractivity contribution in [1.82, 2.24) is 19.7 Å². The summed E-state index contributed by atoms with van der Waals surface area (Å²) in [5, 5.41) is 7.44. The lowest BCUT2D eigenvalue weighted by atomic mass is 10.1. The molecule has 0 saturated carbocycles. The van der Waals surface area contributed by atoms with Crippen LogP contribution >= 0.6 is 11.8 Å². The van der Waals surface area contributed by atoms with Crippen LogP contribution in [0, 0.1) is 0 Å². The van der Waals surface area contributed by atoms with Gasteiger partial charge >= 0.3 is 0 Å². The molecule has 1 aliphatic heterocycles. The third-order valence-corrected chi connectivity index (χ3v) is 5.95. The highest BCUT2D eigenvalue weighted by Crippen LogP contribution is 2.19. The second-order valence-electron chi connectivity index (χ2n) is 7.00. The molecule has 7 heteroatoms. The van der Waals surface area contributed by atoms with Crippen molar-refractivity contribution in [3.8, 4) is 5.82 Å². The van der Waals surface area contributed by atoms with E-state index in [-0.39, 0.29) is 5.91 Å². The first kappa shape index (κ1) is 19.7. The van der Waals surface area contributed by atoms with E-state index in [9.17, 15) is 4.79 Å². The first-order valence-electron chi connectivity index (χ1n) is 9.93. The Bertz CT molecular complexity index is 966. The highest BCUT2D eigenvalue weighted by atomic mass is 32.2. The average Bonchev–Trinajstić information content (AvgIpc) is 3.20. The molecule has 1 aliphatic rings. The van der Waals surface area contributed by atoms with E-state index in [1.807, 2.05) is 49.0 Å². The number of hydrogen-bond donors (Lipinski definition) is 1. The minimum Gasteiger partial charge on any atom is -0.322 e. The third-order valence-electron chi connectivity index (χ3n) is 5.01. The zero-order chi connectivity index (χ0) is 20.1. The lowest BCUT2D eigenvalue weighted by Gasteiger charge is -2.26. The van der Waals surface area contributed by atoms with Crippen LogP contribution in [0.2, 0.25) is 0 Å². The predicted octanol–water partition coefficient (Wildman–Crippen LogP) is 3.63. The quantitative estimate of drug-likeness (QED) is 0.676. The van der Waals surface area contributed by atoms with Gasteiger partial charge in [-0.05, 0) is 36.2 Å². The number of aromatic nitrogens is 3. The van der Waals surface area contributed by atoms with Crippen LogP contribution in [0.1, 0.15) is 28.5 Å². The van der Waals surface area contributed by atoms with Crippen LogP contribution in [0.25, 0.3) is 5.82 Å². The Morgan fingerprint density at radius 3 is 2.79 bits per heavy atom. The van der Waals surface area contributed by atoms with Crippen LogP contribution in [0.3, 0.4) is 0 Å². The van der Waals surface area contributed by atoms with Crippen molar-refractivity contribution in [2.75, 3.05) is 29.9 Å². The number of rotatable bonds is 6. The van der Waals surface area contributed by atoms with E-state index in [2.05, 4.69) is 32.4 Å². The smallest absolute Gasteiger partial charge is 0.259 e. The van der Waals surface area contributed by atoms with Gasteiger partial charge in [0.25, 0.3) is 5.91 Å². The summed E-state index contributed by atoms with van der Waals surface area (Å²) in [5.74, 6) is 2.95. The first-order valence-corrected chi connectivity index (χ1v) is 11.1. The Labute approximate surface area is 175 Å². The van der Waals surface area contributed by atoms with Crippen molar-refractivity contribution in [1.29, 1.82) is 0 Å². The molecule has 0 bridgehead atoms. The van der Waals surface area contributed by atoms with Crippen molar-refractivity contribution in [2.45, 2.75) is 19.9 Å². The molecule has 1 N–H and O–H groups in total. The van der Waals surface area contributed by atoms with Gasteiger partial charge in [0.05, 0.1) is 17.5 Å². The molecule has 4 rings (SSSR count). The zero-order valence-electron chi connectivity index (χ0n) is 16.5. The molecule has 150 valence electrons. The van der Waals surface area contributed by atoms with Gasteiger partial charge in [0, 0.05) is 43.0 Å². The van der Waals surface area contributed by atoms with Gasteiger partial charge in [-0.2, -0.15) is 16.9 Å². The highest BCUT2D eigenvalue weighted by molar-refractivity contribution is 7.99. The van der Waals surface area contributed by atoms with Gasteiger partial charge in [-0.25, -0.2) is 9.67 Å². The summed E-state index contributed by atoms with van der Waals surface area (Å²) < 4.78 is 1.74. The molecule has 1 fully saturated rings. The van der Waals surface area contributed by atoms with E-state index in [0.29, 0.717) is 17.8 Å².